The van der Waals surface area contributed by atoms with Crippen LogP contribution in [0.3, 0.4) is 0 Å². The van der Waals surface area contributed by atoms with E-state index in [0.29, 0.717) is 11.4 Å². The van der Waals surface area contributed by atoms with Crippen molar-refractivity contribution in [2.24, 2.45) is 0 Å². The summed E-state index contributed by atoms with van der Waals surface area (Å²) < 4.78 is 1.92. The van der Waals surface area contributed by atoms with E-state index in [2.05, 4.69) is 5.32 Å². The Labute approximate surface area is 168 Å². The molecule has 140 valence electrons. The number of aryl methyl sites for hydroxylation is 1. The Morgan fingerprint density at radius 2 is 1.62 bits per heavy atom. The molecule has 0 radical (unpaired) electrons. The van der Waals surface area contributed by atoms with Gasteiger partial charge < -0.3 is 5.32 Å². The maximum absolute atomic E-state index is 13.1. The fourth-order valence-corrected chi connectivity index (χ4v) is 3.57. The van der Waals surface area contributed by atoms with Gasteiger partial charge in [0.05, 0.1) is 0 Å². The van der Waals surface area contributed by atoms with Gasteiger partial charge in [0.2, 0.25) is 0 Å². The fourth-order valence-electron chi connectivity index (χ4n) is 3.57. The molecule has 4 nitrogen and oxygen atoms in total. The molecule has 2 aromatic heterocycles. The summed E-state index contributed by atoms with van der Waals surface area (Å²) in [7, 11) is 0. The molecular weight excluding hydrogens is 358 g/mol. The Hall–Kier alpha value is -3.92. The third-order valence-electron chi connectivity index (χ3n) is 5.07. The molecule has 0 unspecified atom stereocenters. The van der Waals surface area contributed by atoms with Gasteiger partial charge in [-0.3, -0.25) is 9.20 Å². The van der Waals surface area contributed by atoms with Gasteiger partial charge in [0.1, 0.15) is 17.2 Å². The molecule has 2 heterocycles. The van der Waals surface area contributed by atoms with Crippen LogP contribution in [-0.4, -0.2) is 15.3 Å². The lowest BCUT2D eigenvalue weighted by Gasteiger charge is -2.09. The minimum atomic E-state index is -0.157. The van der Waals surface area contributed by atoms with Crippen molar-refractivity contribution in [3.8, 4) is 11.3 Å². The minimum Gasteiger partial charge on any atom is -0.306 e. The molecule has 0 saturated heterocycles. The first-order chi connectivity index (χ1) is 14.2. The highest BCUT2D eigenvalue weighted by Crippen LogP contribution is 2.29. The molecule has 0 saturated carbocycles. The molecule has 0 bridgehead atoms. The minimum absolute atomic E-state index is 0.157. The van der Waals surface area contributed by atoms with Crippen molar-refractivity contribution in [3.63, 3.8) is 0 Å². The molecule has 0 atom stereocenters. The number of fused-ring (bicyclic) bond motifs is 2. The molecule has 1 amide bonds. The third-order valence-corrected chi connectivity index (χ3v) is 5.07. The average Bonchev–Trinajstić information content (AvgIpc) is 3.11. The number of aromatic nitrogens is 2. The SMILES string of the molecule is Cc1ccn2c(NC(=O)c3ccc4ccccc4c3)c(-c3ccccc3)nc2c1. The lowest BCUT2D eigenvalue weighted by molar-refractivity contribution is 0.102. The molecule has 0 fully saturated rings. The first-order valence-electron chi connectivity index (χ1n) is 9.53. The zero-order valence-electron chi connectivity index (χ0n) is 16.0. The number of rotatable bonds is 3. The topological polar surface area (TPSA) is 46.4 Å². The molecule has 3 aromatic carbocycles. The highest BCUT2D eigenvalue weighted by Gasteiger charge is 2.17. The van der Waals surface area contributed by atoms with E-state index in [1.807, 2.05) is 102 Å². The van der Waals surface area contributed by atoms with Gasteiger partial charge in [-0.25, -0.2) is 4.98 Å². The van der Waals surface area contributed by atoms with Crippen LogP contribution in [0.4, 0.5) is 5.82 Å². The zero-order valence-corrected chi connectivity index (χ0v) is 16.0. The largest absolute Gasteiger partial charge is 0.306 e. The maximum Gasteiger partial charge on any atom is 0.256 e. The predicted molar refractivity (Wildman–Crippen MR) is 117 cm³/mol. The van der Waals surface area contributed by atoms with Crippen LogP contribution in [0.2, 0.25) is 0 Å². The molecule has 0 aliphatic carbocycles. The van der Waals surface area contributed by atoms with Gasteiger partial charge in [0, 0.05) is 17.3 Å². The second kappa shape index (κ2) is 6.91. The Balaban J connectivity index is 1.60. The van der Waals surface area contributed by atoms with Crippen LogP contribution in [0.25, 0.3) is 27.7 Å². The summed E-state index contributed by atoms with van der Waals surface area (Å²) in [5, 5.41) is 5.24. The number of carbonyl (C=O) groups is 1. The monoisotopic (exact) mass is 377 g/mol. The van der Waals surface area contributed by atoms with Crippen LogP contribution >= 0.6 is 0 Å². The standard InChI is InChI=1S/C25H19N3O/c1-17-13-14-28-22(15-17)26-23(19-8-3-2-4-9-19)24(28)27-25(29)21-12-11-18-7-5-6-10-20(18)16-21/h2-16H,1H3,(H,27,29). The van der Waals surface area contributed by atoms with E-state index in [1.165, 1.54) is 0 Å². The van der Waals surface area contributed by atoms with Crippen LogP contribution in [0, 0.1) is 6.92 Å². The number of benzene rings is 3. The van der Waals surface area contributed by atoms with E-state index in [9.17, 15) is 4.79 Å². The van der Waals surface area contributed by atoms with Gasteiger partial charge in [0.25, 0.3) is 5.91 Å². The highest BCUT2D eigenvalue weighted by atomic mass is 16.1. The number of hydrogen-bond acceptors (Lipinski definition) is 2. The molecule has 29 heavy (non-hydrogen) atoms. The third kappa shape index (κ3) is 3.15. The number of nitrogens with zero attached hydrogens (tertiary/aromatic N) is 2. The normalized spacial score (nSPS) is 11.1. The lowest BCUT2D eigenvalue weighted by atomic mass is 10.1. The summed E-state index contributed by atoms with van der Waals surface area (Å²) in [6.07, 6.45) is 1.94. The highest BCUT2D eigenvalue weighted by molar-refractivity contribution is 6.07. The molecule has 4 heteroatoms. The Morgan fingerprint density at radius 3 is 2.45 bits per heavy atom. The molecule has 5 aromatic rings. The van der Waals surface area contributed by atoms with E-state index in [1.54, 1.807) is 0 Å². The number of anilines is 1. The summed E-state index contributed by atoms with van der Waals surface area (Å²) in [5.41, 5.74) is 4.25. The lowest BCUT2D eigenvalue weighted by Crippen LogP contribution is -2.14. The molecule has 0 spiro atoms. The Bertz CT molecular complexity index is 1350. The zero-order chi connectivity index (χ0) is 19.8. The maximum atomic E-state index is 13.1. The van der Waals surface area contributed by atoms with Crippen molar-refractivity contribution >= 4 is 28.1 Å². The van der Waals surface area contributed by atoms with Crippen LogP contribution in [0.5, 0.6) is 0 Å². The van der Waals surface area contributed by atoms with Crippen molar-refractivity contribution in [1.82, 2.24) is 9.38 Å². The smallest absolute Gasteiger partial charge is 0.256 e. The van der Waals surface area contributed by atoms with Crippen molar-refractivity contribution in [2.45, 2.75) is 6.92 Å². The van der Waals surface area contributed by atoms with Crippen LogP contribution in [-0.2, 0) is 0 Å². The molecule has 0 aliphatic heterocycles. The summed E-state index contributed by atoms with van der Waals surface area (Å²) in [6.45, 7) is 2.03. The number of pyridine rings is 1. The van der Waals surface area contributed by atoms with Gasteiger partial charge >= 0.3 is 0 Å². The van der Waals surface area contributed by atoms with E-state index in [-0.39, 0.29) is 5.91 Å². The van der Waals surface area contributed by atoms with Crippen LogP contribution in [0.15, 0.2) is 91.1 Å². The molecule has 5 rings (SSSR count). The first kappa shape index (κ1) is 17.2. The van der Waals surface area contributed by atoms with E-state index < -0.39 is 0 Å². The van der Waals surface area contributed by atoms with E-state index in [4.69, 9.17) is 4.98 Å². The van der Waals surface area contributed by atoms with E-state index in [0.717, 1.165) is 33.2 Å². The van der Waals surface area contributed by atoms with Crippen LogP contribution in [0.1, 0.15) is 15.9 Å². The van der Waals surface area contributed by atoms with Gasteiger partial charge in [-0.1, -0.05) is 60.7 Å². The van der Waals surface area contributed by atoms with Crippen molar-refractivity contribution in [2.75, 3.05) is 5.32 Å². The Kier molecular flexibility index (Phi) is 4.10. The molecule has 1 N–H and O–H groups in total. The quantitative estimate of drug-likeness (QED) is 0.437. The van der Waals surface area contributed by atoms with E-state index >= 15 is 0 Å². The van der Waals surface area contributed by atoms with Crippen molar-refractivity contribution < 1.29 is 4.79 Å². The number of carbonyl (C=O) groups excluding carboxylic acids is 1. The number of hydrogen-bond donors (Lipinski definition) is 1. The van der Waals surface area contributed by atoms with Crippen molar-refractivity contribution in [3.05, 3.63) is 102 Å². The summed E-state index contributed by atoms with van der Waals surface area (Å²) in [6, 6.07) is 27.7. The first-order valence-corrected chi connectivity index (χ1v) is 9.53. The number of nitrogens with one attached hydrogen (secondary N) is 1. The Morgan fingerprint density at radius 1 is 0.862 bits per heavy atom. The van der Waals surface area contributed by atoms with Crippen LogP contribution < -0.4 is 5.32 Å². The van der Waals surface area contributed by atoms with Gasteiger partial charge in [0.15, 0.2) is 0 Å². The fraction of sp³-hybridized carbons (Fsp3) is 0.0400. The number of amides is 1. The second-order valence-electron chi connectivity index (χ2n) is 7.12. The second-order valence-corrected chi connectivity index (χ2v) is 7.12. The van der Waals surface area contributed by atoms with Crippen molar-refractivity contribution in [1.29, 1.82) is 0 Å². The summed E-state index contributed by atoms with van der Waals surface area (Å²) in [5.74, 6) is 0.514. The average molecular weight is 377 g/mol. The summed E-state index contributed by atoms with van der Waals surface area (Å²) in [4.78, 5) is 17.9. The molecule has 0 aliphatic rings. The predicted octanol–water partition coefficient (Wildman–Crippen LogP) is 5.72. The van der Waals surface area contributed by atoms with Gasteiger partial charge in [-0.15, -0.1) is 0 Å². The summed E-state index contributed by atoms with van der Waals surface area (Å²) >= 11 is 0. The molecular formula is C25H19N3O. The van der Waals surface area contributed by atoms with Gasteiger partial charge in [-0.2, -0.15) is 0 Å². The number of imidazole rings is 1. The van der Waals surface area contributed by atoms with Gasteiger partial charge in [-0.05, 0) is 47.5 Å².